The number of sulfone groups is 1. The zero-order chi connectivity index (χ0) is 18.1. The second-order valence-electron chi connectivity index (χ2n) is 7.91. The lowest BCUT2D eigenvalue weighted by Crippen LogP contribution is -2.48. The van der Waals surface area contributed by atoms with Crippen molar-refractivity contribution in [1.29, 1.82) is 0 Å². The molecule has 28 heavy (non-hydrogen) atoms. The maximum absolute atomic E-state index is 12.7. The minimum absolute atomic E-state index is 0. The lowest BCUT2D eigenvalue weighted by Gasteiger charge is -2.29. The van der Waals surface area contributed by atoms with Crippen LogP contribution < -0.4 is 10.6 Å². The number of halogens is 2. The highest BCUT2D eigenvalue weighted by Gasteiger charge is 2.34. The second kappa shape index (κ2) is 9.76. The van der Waals surface area contributed by atoms with Crippen molar-refractivity contribution in [2.24, 2.45) is 0 Å². The highest BCUT2D eigenvalue weighted by Crippen LogP contribution is 2.27. The summed E-state index contributed by atoms with van der Waals surface area (Å²) in [7, 11) is -2.86. The van der Waals surface area contributed by atoms with E-state index in [0.717, 1.165) is 18.4 Å². The molecule has 1 aromatic carbocycles. The van der Waals surface area contributed by atoms with Crippen LogP contribution in [0.2, 0.25) is 0 Å². The number of rotatable bonds is 4. The lowest BCUT2D eigenvalue weighted by molar-refractivity contribution is 0.0923. The summed E-state index contributed by atoms with van der Waals surface area (Å²) in [4.78, 5) is 14.8. The summed E-state index contributed by atoms with van der Waals surface area (Å²) >= 11 is 0. The number of hydrogen-bond donors (Lipinski definition) is 2. The Morgan fingerprint density at radius 1 is 1.11 bits per heavy atom. The van der Waals surface area contributed by atoms with Crippen LogP contribution in [0.15, 0.2) is 24.3 Å². The van der Waals surface area contributed by atoms with Crippen LogP contribution in [0.25, 0.3) is 0 Å². The molecule has 0 aliphatic carbocycles. The van der Waals surface area contributed by atoms with Crippen LogP contribution in [-0.2, 0) is 16.4 Å². The number of nitrogens with zero attached hydrogens (tertiary/aromatic N) is 1. The van der Waals surface area contributed by atoms with Crippen molar-refractivity contribution in [1.82, 2.24) is 15.5 Å². The zero-order valence-electron chi connectivity index (χ0n) is 15.8. The first kappa shape index (κ1) is 23.4. The van der Waals surface area contributed by atoms with E-state index in [1.54, 1.807) is 0 Å². The molecule has 2 N–H and O–H groups in total. The average molecular weight is 450 g/mol. The first-order valence-electron chi connectivity index (χ1n) is 9.55. The van der Waals surface area contributed by atoms with Gasteiger partial charge < -0.3 is 10.6 Å². The first-order chi connectivity index (χ1) is 12.5. The predicted octanol–water partition coefficient (Wildman–Crippen LogP) is 1.77. The van der Waals surface area contributed by atoms with E-state index in [2.05, 4.69) is 15.5 Å². The molecule has 0 spiro atoms. The van der Waals surface area contributed by atoms with Gasteiger partial charge in [-0.3, -0.25) is 9.69 Å². The fraction of sp³-hybridized carbons (Fsp3) is 0.632. The number of nitrogens with one attached hydrogen (secondary N) is 2. The van der Waals surface area contributed by atoms with Gasteiger partial charge in [0, 0.05) is 43.3 Å². The molecule has 4 rings (SSSR count). The van der Waals surface area contributed by atoms with Gasteiger partial charge in [0.2, 0.25) is 0 Å². The third kappa shape index (κ3) is 5.83. The molecule has 0 radical (unpaired) electrons. The van der Waals surface area contributed by atoms with Crippen molar-refractivity contribution in [3.8, 4) is 0 Å². The second-order valence-corrected chi connectivity index (χ2v) is 10.2. The maximum Gasteiger partial charge on any atom is 0.251 e. The van der Waals surface area contributed by atoms with Gasteiger partial charge in [-0.05, 0) is 43.4 Å². The molecule has 158 valence electrons. The van der Waals surface area contributed by atoms with Crippen LogP contribution in [0, 0.1) is 0 Å². The molecule has 2 atom stereocenters. The van der Waals surface area contributed by atoms with E-state index in [4.69, 9.17) is 0 Å². The molecular formula is C19H29Cl2N3O3S. The van der Waals surface area contributed by atoms with E-state index in [1.807, 2.05) is 24.3 Å². The average Bonchev–Trinajstić information content (AvgIpc) is 2.95. The number of amides is 1. The Kier molecular flexibility index (Phi) is 8.16. The van der Waals surface area contributed by atoms with Gasteiger partial charge in [0.15, 0.2) is 9.84 Å². The molecule has 9 heteroatoms. The van der Waals surface area contributed by atoms with Crippen molar-refractivity contribution >= 4 is 40.6 Å². The number of carbonyl (C=O) groups excluding carboxylic acids is 1. The minimum Gasteiger partial charge on any atom is -0.349 e. The smallest absolute Gasteiger partial charge is 0.251 e. The van der Waals surface area contributed by atoms with Gasteiger partial charge in [-0.25, -0.2) is 8.42 Å². The largest absolute Gasteiger partial charge is 0.349 e. The Hall–Kier alpha value is -0.860. The fourth-order valence-corrected chi connectivity index (χ4v) is 5.70. The molecule has 6 nitrogen and oxygen atoms in total. The van der Waals surface area contributed by atoms with Gasteiger partial charge in [-0.2, -0.15) is 0 Å². The number of hydrogen-bond acceptors (Lipinski definition) is 5. The summed E-state index contributed by atoms with van der Waals surface area (Å²) < 4.78 is 23.1. The van der Waals surface area contributed by atoms with Crippen LogP contribution in [0.3, 0.4) is 0 Å². The Bertz CT molecular complexity index is 764. The van der Waals surface area contributed by atoms with E-state index < -0.39 is 9.84 Å². The van der Waals surface area contributed by atoms with Gasteiger partial charge in [0.05, 0.1) is 11.5 Å². The van der Waals surface area contributed by atoms with Crippen molar-refractivity contribution in [3.63, 3.8) is 0 Å². The Labute approximate surface area is 179 Å². The summed E-state index contributed by atoms with van der Waals surface area (Å²) in [6.07, 6.45) is 4.48. The highest BCUT2D eigenvalue weighted by molar-refractivity contribution is 7.91. The van der Waals surface area contributed by atoms with Crippen LogP contribution >= 0.6 is 24.8 Å². The quantitative estimate of drug-likeness (QED) is 0.731. The summed E-state index contributed by atoms with van der Waals surface area (Å²) in [5.74, 6) is 0.454. The topological polar surface area (TPSA) is 78.5 Å². The molecule has 0 saturated carbocycles. The van der Waals surface area contributed by atoms with E-state index >= 15 is 0 Å². The maximum atomic E-state index is 12.7. The fourth-order valence-electron chi connectivity index (χ4n) is 4.42. The van der Waals surface area contributed by atoms with Crippen LogP contribution in [0.5, 0.6) is 0 Å². The molecule has 2 bridgehead atoms. The third-order valence-corrected chi connectivity index (χ3v) is 7.45. The van der Waals surface area contributed by atoms with E-state index in [-0.39, 0.29) is 48.3 Å². The standard InChI is InChI=1S/C19H27N3O3S.2ClH/c23-19(21-18-11-16-4-5-17(12-18)20-16)15-3-1-2-14(10-15)13-22-6-8-26(24,25)9-7-22;;/h1-3,10,16-18,20H,4-9,11-13H2,(H,21,23);2*1H. The highest BCUT2D eigenvalue weighted by atomic mass is 35.5. The molecule has 3 fully saturated rings. The summed E-state index contributed by atoms with van der Waals surface area (Å²) in [6.45, 7) is 1.82. The minimum atomic E-state index is -2.86. The van der Waals surface area contributed by atoms with Gasteiger partial charge in [-0.15, -0.1) is 24.8 Å². The molecule has 3 heterocycles. The molecule has 0 aromatic heterocycles. The van der Waals surface area contributed by atoms with Gasteiger partial charge >= 0.3 is 0 Å². The van der Waals surface area contributed by atoms with Gasteiger partial charge in [0.25, 0.3) is 5.91 Å². The molecule has 1 amide bonds. The van der Waals surface area contributed by atoms with Gasteiger partial charge in [-0.1, -0.05) is 12.1 Å². The molecule has 2 unspecified atom stereocenters. The summed E-state index contributed by atoms with van der Waals surface area (Å²) in [5.41, 5.74) is 1.75. The number of benzene rings is 1. The normalized spacial score (nSPS) is 28.6. The monoisotopic (exact) mass is 449 g/mol. The zero-order valence-corrected chi connectivity index (χ0v) is 18.3. The van der Waals surface area contributed by atoms with E-state index in [9.17, 15) is 13.2 Å². The molecule has 3 aliphatic rings. The molecule has 3 saturated heterocycles. The first-order valence-corrected chi connectivity index (χ1v) is 11.4. The Morgan fingerprint density at radius 3 is 2.39 bits per heavy atom. The summed E-state index contributed by atoms with van der Waals surface area (Å²) in [6, 6.07) is 9.09. The SMILES string of the molecule is Cl.Cl.O=C(NC1CC2CCC(C1)N2)c1cccc(CN2CCS(=O)(=O)CC2)c1. The van der Waals surface area contributed by atoms with Crippen molar-refractivity contribution in [2.45, 2.75) is 50.4 Å². The van der Waals surface area contributed by atoms with Crippen LogP contribution in [0.1, 0.15) is 41.6 Å². The van der Waals surface area contributed by atoms with Crippen molar-refractivity contribution in [3.05, 3.63) is 35.4 Å². The van der Waals surface area contributed by atoms with Crippen LogP contribution in [0.4, 0.5) is 0 Å². The third-order valence-electron chi connectivity index (χ3n) is 5.84. The number of fused-ring (bicyclic) bond motifs is 2. The lowest BCUT2D eigenvalue weighted by atomic mass is 9.99. The van der Waals surface area contributed by atoms with Crippen molar-refractivity contribution < 1.29 is 13.2 Å². The molecule has 3 aliphatic heterocycles. The van der Waals surface area contributed by atoms with Crippen molar-refractivity contribution in [2.75, 3.05) is 24.6 Å². The molecular weight excluding hydrogens is 421 g/mol. The van der Waals surface area contributed by atoms with E-state index in [0.29, 0.717) is 37.3 Å². The molecule has 1 aromatic rings. The summed E-state index contributed by atoms with van der Waals surface area (Å²) in [5, 5.41) is 6.80. The predicted molar refractivity (Wildman–Crippen MR) is 115 cm³/mol. The van der Waals surface area contributed by atoms with Gasteiger partial charge in [0.1, 0.15) is 0 Å². The van der Waals surface area contributed by atoms with E-state index in [1.165, 1.54) is 12.8 Å². The Balaban J connectivity index is 0.00000140. The Morgan fingerprint density at radius 2 is 1.75 bits per heavy atom. The number of carbonyl (C=O) groups is 1. The van der Waals surface area contributed by atoms with Crippen LogP contribution in [-0.4, -0.2) is 61.9 Å². The number of piperidine rings is 1.